The van der Waals surface area contributed by atoms with Crippen molar-refractivity contribution in [1.82, 2.24) is 9.78 Å². The Bertz CT molecular complexity index is 463. The van der Waals surface area contributed by atoms with E-state index in [2.05, 4.69) is 5.10 Å². The SMILES string of the molecule is CCC(CC)n1nc(C2CCCC2)c([N+](=O)[O-])c1Cl. The van der Waals surface area contributed by atoms with Gasteiger partial charge in [0.15, 0.2) is 0 Å². The smallest absolute Gasteiger partial charge is 0.258 e. The lowest BCUT2D eigenvalue weighted by molar-refractivity contribution is -0.385. The first-order chi connectivity index (χ1) is 9.10. The summed E-state index contributed by atoms with van der Waals surface area (Å²) in [5, 5.41) is 16.0. The Balaban J connectivity index is 2.46. The molecule has 6 heteroatoms. The number of hydrogen-bond donors (Lipinski definition) is 0. The molecule has 1 aromatic rings. The lowest BCUT2D eigenvalue weighted by Crippen LogP contribution is -2.09. The van der Waals surface area contributed by atoms with Crippen LogP contribution in [-0.4, -0.2) is 14.7 Å². The topological polar surface area (TPSA) is 61.0 Å². The summed E-state index contributed by atoms with van der Waals surface area (Å²) in [6.45, 7) is 4.10. The normalized spacial score (nSPS) is 16.4. The standard InChI is InChI=1S/C13H20ClN3O2/c1-3-10(4-2)16-13(14)12(17(18)19)11(15-16)9-7-5-6-8-9/h9-10H,3-8H2,1-2H3. The molecule has 0 amide bonds. The van der Waals surface area contributed by atoms with Crippen molar-refractivity contribution in [2.45, 2.75) is 64.3 Å². The van der Waals surface area contributed by atoms with Gasteiger partial charge >= 0.3 is 5.69 Å². The van der Waals surface area contributed by atoms with Gasteiger partial charge in [-0.1, -0.05) is 38.3 Å². The Hall–Kier alpha value is -1.10. The van der Waals surface area contributed by atoms with Gasteiger partial charge in [0, 0.05) is 5.92 Å². The van der Waals surface area contributed by atoms with Gasteiger partial charge in [-0.3, -0.25) is 10.1 Å². The van der Waals surface area contributed by atoms with Crippen molar-refractivity contribution in [3.05, 3.63) is 21.0 Å². The largest absolute Gasteiger partial charge is 0.329 e. The van der Waals surface area contributed by atoms with Crippen molar-refractivity contribution in [1.29, 1.82) is 0 Å². The summed E-state index contributed by atoms with van der Waals surface area (Å²) in [6, 6.07) is 0.140. The zero-order chi connectivity index (χ0) is 14.0. The molecule has 0 atom stereocenters. The zero-order valence-corrected chi connectivity index (χ0v) is 12.2. The third-order valence-electron chi connectivity index (χ3n) is 4.07. The number of aromatic nitrogens is 2. The van der Waals surface area contributed by atoms with E-state index in [0.29, 0.717) is 5.69 Å². The van der Waals surface area contributed by atoms with Gasteiger partial charge in [-0.05, 0) is 25.7 Å². The monoisotopic (exact) mass is 285 g/mol. The van der Waals surface area contributed by atoms with Gasteiger partial charge in [0.2, 0.25) is 5.15 Å². The van der Waals surface area contributed by atoms with E-state index in [1.165, 1.54) is 0 Å². The molecule has 1 aliphatic carbocycles. The molecule has 5 nitrogen and oxygen atoms in total. The highest BCUT2D eigenvalue weighted by Gasteiger charge is 2.34. The number of rotatable bonds is 5. The summed E-state index contributed by atoms with van der Waals surface area (Å²) in [6.07, 6.45) is 5.96. The lowest BCUT2D eigenvalue weighted by atomic mass is 10.0. The number of nitro groups is 1. The summed E-state index contributed by atoms with van der Waals surface area (Å²) < 4.78 is 1.66. The first-order valence-corrected chi connectivity index (χ1v) is 7.40. The molecule has 0 bridgehead atoms. The van der Waals surface area contributed by atoms with Gasteiger partial charge in [-0.2, -0.15) is 5.10 Å². The van der Waals surface area contributed by atoms with Crippen LogP contribution in [0.4, 0.5) is 5.69 Å². The molecule has 1 aliphatic rings. The van der Waals surface area contributed by atoms with Crippen LogP contribution < -0.4 is 0 Å². The summed E-state index contributed by atoms with van der Waals surface area (Å²) in [5.41, 5.74) is 0.625. The Morgan fingerprint density at radius 1 is 1.42 bits per heavy atom. The maximum Gasteiger partial charge on any atom is 0.329 e. The van der Waals surface area contributed by atoms with Crippen LogP contribution in [0.1, 0.15) is 70.0 Å². The van der Waals surface area contributed by atoms with Gasteiger partial charge in [0.05, 0.1) is 11.0 Å². The fourth-order valence-corrected chi connectivity index (χ4v) is 3.28. The number of hydrogen-bond acceptors (Lipinski definition) is 3. The molecule has 0 radical (unpaired) electrons. The Morgan fingerprint density at radius 3 is 2.47 bits per heavy atom. The molecule has 1 heterocycles. The highest BCUT2D eigenvalue weighted by molar-refractivity contribution is 6.31. The second-order valence-electron chi connectivity index (χ2n) is 5.18. The Kier molecular flexibility index (Phi) is 4.45. The molecule has 1 fully saturated rings. The molecule has 19 heavy (non-hydrogen) atoms. The van der Waals surface area contributed by atoms with Crippen molar-refractivity contribution in [3.8, 4) is 0 Å². The summed E-state index contributed by atoms with van der Waals surface area (Å²) >= 11 is 6.21. The molecule has 106 valence electrons. The molecule has 0 N–H and O–H groups in total. The molecular weight excluding hydrogens is 266 g/mol. The maximum absolute atomic E-state index is 11.3. The van der Waals surface area contributed by atoms with E-state index in [1.54, 1.807) is 4.68 Å². The third kappa shape index (κ3) is 2.61. The van der Waals surface area contributed by atoms with Gasteiger partial charge in [0.25, 0.3) is 0 Å². The van der Waals surface area contributed by atoms with Crippen molar-refractivity contribution < 1.29 is 4.92 Å². The van der Waals surface area contributed by atoms with Crippen molar-refractivity contribution in [2.75, 3.05) is 0 Å². The first-order valence-electron chi connectivity index (χ1n) is 7.02. The van der Waals surface area contributed by atoms with Gasteiger partial charge in [-0.25, -0.2) is 4.68 Å². The second-order valence-corrected chi connectivity index (χ2v) is 5.54. The minimum atomic E-state index is -0.373. The Labute approximate surface area is 118 Å². The van der Waals surface area contributed by atoms with Gasteiger partial charge in [0.1, 0.15) is 5.69 Å². The van der Waals surface area contributed by atoms with Crippen LogP contribution in [-0.2, 0) is 0 Å². The minimum absolute atomic E-state index is 0.0282. The predicted molar refractivity (Wildman–Crippen MR) is 74.7 cm³/mol. The maximum atomic E-state index is 11.3. The zero-order valence-electron chi connectivity index (χ0n) is 11.4. The van der Waals surface area contributed by atoms with Crippen molar-refractivity contribution in [3.63, 3.8) is 0 Å². The summed E-state index contributed by atoms with van der Waals surface area (Å²) in [7, 11) is 0. The fourth-order valence-electron chi connectivity index (χ4n) is 2.94. The van der Waals surface area contributed by atoms with E-state index >= 15 is 0 Å². The molecule has 0 saturated heterocycles. The molecule has 1 saturated carbocycles. The number of halogens is 1. The molecule has 2 rings (SSSR count). The van der Waals surface area contributed by atoms with Crippen LogP contribution >= 0.6 is 11.6 Å². The molecule has 0 aliphatic heterocycles. The van der Waals surface area contributed by atoms with E-state index in [-0.39, 0.29) is 27.7 Å². The predicted octanol–water partition coefficient (Wildman–Crippen LogP) is 4.46. The molecule has 0 aromatic carbocycles. The summed E-state index contributed by atoms with van der Waals surface area (Å²) in [5.74, 6) is 0.202. The van der Waals surface area contributed by atoms with Crippen LogP contribution in [0, 0.1) is 10.1 Å². The van der Waals surface area contributed by atoms with Crippen LogP contribution in [0.15, 0.2) is 0 Å². The van der Waals surface area contributed by atoms with Gasteiger partial charge < -0.3 is 0 Å². The highest BCUT2D eigenvalue weighted by atomic mass is 35.5. The van der Waals surface area contributed by atoms with Crippen LogP contribution in [0.5, 0.6) is 0 Å². The van der Waals surface area contributed by atoms with Crippen LogP contribution in [0.25, 0.3) is 0 Å². The highest BCUT2D eigenvalue weighted by Crippen LogP contribution is 2.42. The lowest BCUT2D eigenvalue weighted by Gasteiger charge is -2.13. The molecule has 0 unspecified atom stereocenters. The van der Waals surface area contributed by atoms with E-state index in [4.69, 9.17) is 11.6 Å². The van der Waals surface area contributed by atoms with E-state index in [1.807, 2.05) is 13.8 Å². The van der Waals surface area contributed by atoms with Crippen LogP contribution in [0.2, 0.25) is 5.15 Å². The number of nitrogens with zero attached hydrogens (tertiary/aromatic N) is 3. The van der Waals surface area contributed by atoms with E-state index in [9.17, 15) is 10.1 Å². The Morgan fingerprint density at radius 2 is 2.00 bits per heavy atom. The summed E-state index contributed by atoms with van der Waals surface area (Å²) in [4.78, 5) is 10.9. The average Bonchev–Trinajstić information content (AvgIpc) is 2.99. The van der Waals surface area contributed by atoms with E-state index < -0.39 is 0 Å². The second kappa shape index (κ2) is 5.90. The first kappa shape index (κ1) is 14.3. The van der Waals surface area contributed by atoms with Crippen molar-refractivity contribution in [2.24, 2.45) is 0 Å². The average molecular weight is 286 g/mol. The molecule has 1 aromatic heterocycles. The molecule has 0 spiro atoms. The van der Waals surface area contributed by atoms with Crippen LogP contribution in [0.3, 0.4) is 0 Å². The quantitative estimate of drug-likeness (QED) is 0.592. The van der Waals surface area contributed by atoms with Crippen molar-refractivity contribution >= 4 is 17.3 Å². The fraction of sp³-hybridized carbons (Fsp3) is 0.769. The minimum Gasteiger partial charge on any atom is -0.258 e. The molecular formula is C13H20ClN3O2. The third-order valence-corrected chi connectivity index (χ3v) is 4.42. The van der Waals surface area contributed by atoms with Gasteiger partial charge in [-0.15, -0.1) is 0 Å². The van der Waals surface area contributed by atoms with E-state index in [0.717, 1.165) is 38.5 Å².